The van der Waals surface area contributed by atoms with E-state index in [4.69, 9.17) is 5.73 Å². The van der Waals surface area contributed by atoms with Crippen LogP contribution in [-0.4, -0.2) is 21.5 Å². The van der Waals surface area contributed by atoms with E-state index in [1.54, 1.807) is 6.20 Å². The molecule has 0 bridgehead atoms. The number of imidazole rings is 1. The normalized spacial score (nSPS) is 30.4. The third-order valence-corrected chi connectivity index (χ3v) is 3.54. The molecule has 4 heteroatoms. The van der Waals surface area contributed by atoms with Crippen molar-refractivity contribution in [1.82, 2.24) is 9.97 Å². The first-order chi connectivity index (χ1) is 5.81. The SMILES string of the molecule is N[C@@]1(c2ncc[nH]2)CCCSC1. The molecule has 1 aliphatic rings. The Morgan fingerprint density at radius 2 is 2.58 bits per heavy atom. The van der Waals surface area contributed by atoms with Crippen molar-refractivity contribution in [1.29, 1.82) is 0 Å². The van der Waals surface area contributed by atoms with Crippen LogP contribution in [0.4, 0.5) is 0 Å². The highest BCUT2D eigenvalue weighted by Crippen LogP contribution is 2.30. The predicted molar refractivity (Wildman–Crippen MR) is 51.0 cm³/mol. The molecular formula is C8H13N3S. The summed E-state index contributed by atoms with van der Waals surface area (Å²) in [6.45, 7) is 0. The second kappa shape index (κ2) is 3.11. The molecule has 1 aromatic heterocycles. The molecule has 66 valence electrons. The van der Waals surface area contributed by atoms with Gasteiger partial charge in [-0.05, 0) is 18.6 Å². The molecule has 1 fully saturated rings. The zero-order chi connectivity index (χ0) is 8.44. The number of nitrogens with zero attached hydrogens (tertiary/aromatic N) is 1. The number of aromatic amines is 1. The number of aromatic nitrogens is 2. The second-order valence-electron chi connectivity index (χ2n) is 3.25. The molecule has 1 saturated heterocycles. The van der Waals surface area contributed by atoms with Gasteiger partial charge >= 0.3 is 0 Å². The molecule has 1 aliphatic heterocycles. The smallest absolute Gasteiger partial charge is 0.127 e. The average Bonchev–Trinajstić information content (AvgIpc) is 2.58. The van der Waals surface area contributed by atoms with E-state index < -0.39 is 0 Å². The Morgan fingerprint density at radius 1 is 1.67 bits per heavy atom. The summed E-state index contributed by atoms with van der Waals surface area (Å²) in [4.78, 5) is 7.32. The first kappa shape index (κ1) is 8.13. The third-order valence-electron chi connectivity index (χ3n) is 2.24. The maximum absolute atomic E-state index is 6.21. The fraction of sp³-hybridized carbons (Fsp3) is 0.625. The lowest BCUT2D eigenvalue weighted by Crippen LogP contribution is -2.42. The Labute approximate surface area is 76.1 Å². The highest BCUT2D eigenvalue weighted by Gasteiger charge is 2.31. The second-order valence-corrected chi connectivity index (χ2v) is 4.36. The predicted octanol–water partition coefficient (Wildman–Crippen LogP) is 1.09. The summed E-state index contributed by atoms with van der Waals surface area (Å²) in [6, 6.07) is 0. The van der Waals surface area contributed by atoms with E-state index >= 15 is 0 Å². The Hall–Kier alpha value is -0.480. The molecule has 0 unspecified atom stereocenters. The summed E-state index contributed by atoms with van der Waals surface area (Å²) in [7, 11) is 0. The van der Waals surface area contributed by atoms with Gasteiger partial charge in [-0.25, -0.2) is 4.98 Å². The number of rotatable bonds is 1. The van der Waals surface area contributed by atoms with Gasteiger partial charge in [0.1, 0.15) is 5.82 Å². The fourth-order valence-electron chi connectivity index (χ4n) is 1.54. The van der Waals surface area contributed by atoms with Crippen molar-refractivity contribution in [2.45, 2.75) is 18.4 Å². The molecule has 0 amide bonds. The van der Waals surface area contributed by atoms with Crippen LogP contribution in [0.15, 0.2) is 12.4 Å². The monoisotopic (exact) mass is 183 g/mol. The molecule has 0 aliphatic carbocycles. The van der Waals surface area contributed by atoms with E-state index in [0.29, 0.717) is 0 Å². The summed E-state index contributed by atoms with van der Waals surface area (Å²) in [5.74, 6) is 3.16. The van der Waals surface area contributed by atoms with Crippen LogP contribution in [0.1, 0.15) is 18.7 Å². The molecule has 1 aromatic rings. The molecule has 2 rings (SSSR count). The van der Waals surface area contributed by atoms with Crippen LogP contribution in [-0.2, 0) is 5.54 Å². The Balaban J connectivity index is 2.19. The average molecular weight is 183 g/mol. The number of nitrogens with two attached hydrogens (primary N) is 1. The lowest BCUT2D eigenvalue weighted by Gasteiger charge is -2.30. The van der Waals surface area contributed by atoms with Crippen LogP contribution in [0.5, 0.6) is 0 Å². The minimum Gasteiger partial charge on any atom is -0.347 e. The highest BCUT2D eigenvalue weighted by molar-refractivity contribution is 7.99. The highest BCUT2D eigenvalue weighted by atomic mass is 32.2. The van der Waals surface area contributed by atoms with Gasteiger partial charge in [-0.3, -0.25) is 0 Å². The van der Waals surface area contributed by atoms with Crippen LogP contribution in [0.25, 0.3) is 0 Å². The van der Waals surface area contributed by atoms with Crippen molar-refractivity contribution in [3.05, 3.63) is 18.2 Å². The quantitative estimate of drug-likeness (QED) is 0.685. The lowest BCUT2D eigenvalue weighted by molar-refractivity contribution is 0.424. The number of thioether (sulfide) groups is 1. The number of hydrogen-bond acceptors (Lipinski definition) is 3. The molecule has 3 nitrogen and oxygen atoms in total. The molecule has 0 spiro atoms. The molecule has 1 atom stereocenters. The van der Waals surface area contributed by atoms with Gasteiger partial charge in [0, 0.05) is 18.1 Å². The maximum atomic E-state index is 6.21. The molecule has 0 saturated carbocycles. The van der Waals surface area contributed by atoms with Crippen molar-refractivity contribution in [3.8, 4) is 0 Å². The van der Waals surface area contributed by atoms with Gasteiger partial charge in [0.15, 0.2) is 0 Å². The zero-order valence-electron chi connectivity index (χ0n) is 6.92. The van der Waals surface area contributed by atoms with Gasteiger partial charge in [0.2, 0.25) is 0 Å². The van der Waals surface area contributed by atoms with Gasteiger partial charge in [-0.1, -0.05) is 0 Å². The standard InChI is InChI=1S/C8H13N3S/c9-8(2-1-5-12-6-8)7-10-3-4-11-7/h3-4H,1-2,5-6,9H2,(H,10,11)/t8-/m0/s1. The first-order valence-corrected chi connectivity index (χ1v) is 5.33. The van der Waals surface area contributed by atoms with E-state index in [0.717, 1.165) is 18.0 Å². The summed E-state index contributed by atoms with van der Waals surface area (Å²) < 4.78 is 0. The number of nitrogens with one attached hydrogen (secondary N) is 1. The van der Waals surface area contributed by atoms with Crippen LogP contribution < -0.4 is 5.73 Å². The molecule has 3 N–H and O–H groups in total. The van der Waals surface area contributed by atoms with Crippen LogP contribution in [0.3, 0.4) is 0 Å². The molecular weight excluding hydrogens is 170 g/mol. The molecule has 0 aromatic carbocycles. The van der Waals surface area contributed by atoms with E-state index in [2.05, 4.69) is 9.97 Å². The van der Waals surface area contributed by atoms with Crippen LogP contribution in [0.2, 0.25) is 0 Å². The Morgan fingerprint density at radius 3 is 3.17 bits per heavy atom. The largest absolute Gasteiger partial charge is 0.347 e. The van der Waals surface area contributed by atoms with Crippen molar-refractivity contribution < 1.29 is 0 Å². The molecule has 0 radical (unpaired) electrons. The van der Waals surface area contributed by atoms with E-state index in [9.17, 15) is 0 Å². The van der Waals surface area contributed by atoms with Crippen molar-refractivity contribution in [3.63, 3.8) is 0 Å². The summed E-state index contributed by atoms with van der Waals surface area (Å²) >= 11 is 1.92. The molecule has 12 heavy (non-hydrogen) atoms. The third kappa shape index (κ3) is 1.36. The van der Waals surface area contributed by atoms with Crippen molar-refractivity contribution in [2.24, 2.45) is 5.73 Å². The van der Waals surface area contributed by atoms with Gasteiger partial charge in [0.05, 0.1) is 5.54 Å². The lowest BCUT2D eigenvalue weighted by atomic mass is 9.96. The summed E-state index contributed by atoms with van der Waals surface area (Å²) in [5, 5.41) is 0. The number of hydrogen-bond donors (Lipinski definition) is 2. The fourth-order valence-corrected chi connectivity index (χ4v) is 2.68. The topological polar surface area (TPSA) is 54.7 Å². The van der Waals surface area contributed by atoms with Gasteiger partial charge in [-0.2, -0.15) is 11.8 Å². The van der Waals surface area contributed by atoms with Gasteiger partial charge in [-0.15, -0.1) is 0 Å². The first-order valence-electron chi connectivity index (χ1n) is 4.18. The summed E-state index contributed by atoms with van der Waals surface area (Å²) in [6.07, 6.45) is 5.85. The van der Waals surface area contributed by atoms with Gasteiger partial charge in [0.25, 0.3) is 0 Å². The summed E-state index contributed by atoms with van der Waals surface area (Å²) in [5.41, 5.74) is 6.01. The van der Waals surface area contributed by atoms with Crippen LogP contribution in [0, 0.1) is 0 Å². The van der Waals surface area contributed by atoms with Crippen molar-refractivity contribution in [2.75, 3.05) is 11.5 Å². The Bertz CT molecular complexity index is 239. The van der Waals surface area contributed by atoms with E-state index in [1.807, 2.05) is 18.0 Å². The van der Waals surface area contributed by atoms with E-state index in [-0.39, 0.29) is 5.54 Å². The maximum Gasteiger partial charge on any atom is 0.127 e. The minimum absolute atomic E-state index is 0.202. The Kier molecular flexibility index (Phi) is 2.11. The van der Waals surface area contributed by atoms with Gasteiger partial charge < -0.3 is 10.7 Å². The van der Waals surface area contributed by atoms with Crippen molar-refractivity contribution >= 4 is 11.8 Å². The minimum atomic E-state index is -0.202. The zero-order valence-corrected chi connectivity index (χ0v) is 7.73. The molecule has 2 heterocycles. The van der Waals surface area contributed by atoms with Crippen LogP contribution >= 0.6 is 11.8 Å². The van der Waals surface area contributed by atoms with E-state index in [1.165, 1.54) is 12.2 Å². The number of H-pyrrole nitrogens is 1.